The summed E-state index contributed by atoms with van der Waals surface area (Å²) in [6, 6.07) is 17.7. The van der Waals surface area contributed by atoms with Crippen molar-refractivity contribution in [1.29, 1.82) is 0 Å². The molecule has 0 aliphatic rings. The molecular weight excluding hydrogens is 310 g/mol. The summed E-state index contributed by atoms with van der Waals surface area (Å²) >= 11 is 0. The third kappa shape index (κ3) is 3.40. The van der Waals surface area contributed by atoms with E-state index < -0.39 is 0 Å². The van der Waals surface area contributed by atoms with Crippen molar-refractivity contribution < 1.29 is 0 Å². The third-order valence-electron chi connectivity index (χ3n) is 3.94. The molecule has 126 valence electrons. The molecule has 0 spiro atoms. The van der Waals surface area contributed by atoms with Crippen LogP contribution in [0.25, 0.3) is 17.1 Å². The van der Waals surface area contributed by atoms with E-state index in [1.807, 2.05) is 61.6 Å². The zero-order valence-corrected chi connectivity index (χ0v) is 14.2. The Kier molecular flexibility index (Phi) is 4.57. The summed E-state index contributed by atoms with van der Waals surface area (Å²) in [4.78, 5) is 0. The van der Waals surface area contributed by atoms with Crippen molar-refractivity contribution >= 4 is 22.9 Å². The van der Waals surface area contributed by atoms with Crippen LogP contribution in [0.5, 0.6) is 0 Å². The molecule has 0 amide bonds. The average Bonchev–Trinajstić information content (AvgIpc) is 3.03. The molecule has 0 bridgehead atoms. The Balaban J connectivity index is 1.83. The van der Waals surface area contributed by atoms with Crippen molar-refractivity contribution in [3.05, 3.63) is 85.1 Å². The summed E-state index contributed by atoms with van der Waals surface area (Å²) in [5.41, 5.74) is 11.4. The van der Waals surface area contributed by atoms with Gasteiger partial charge in [-0.25, -0.2) is 4.68 Å². The minimum absolute atomic E-state index is 0.541. The molecule has 5 nitrogen and oxygen atoms in total. The summed E-state index contributed by atoms with van der Waals surface area (Å²) < 4.78 is 1.70. The minimum Gasteiger partial charge on any atom is -0.388 e. The third-order valence-corrected chi connectivity index (χ3v) is 3.94. The summed E-state index contributed by atoms with van der Waals surface area (Å²) in [6.07, 6.45) is 1.72. The van der Waals surface area contributed by atoms with E-state index in [9.17, 15) is 0 Å². The van der Waals surface area contributed by atoms with E-state index in [-0.39, 0.29) is 0 Å². The average molecular weight is 331 g/mol. The van der Waals surface area contributed by atoms with E-state index in [4.69, 9.17) is 5.73 Å². The normalized spacial score (nSPS) is 10.3. The van der Waals surface area contributed by atoms with Gasteiger partial charge in [0.2, 0.25) is 0 Å². The molecule has 0 saturated heterocycles. The van der Waals surface area contributed by atoms with Crippen LogP contribution in [0, 0.1) is 0 Å². The first-order chi connectivity index (χ1) is 12.1. The first-order valence-electron chi connectivity index (χ1n) is 7.92. The van der Waals surface area contributed by atoms with Gasteiger partial charge in [0.05, 0.1) is 17.4 Å². The van der Waals surface area contributed by atoms with Gasteiger partial charge in [-0.1, -0.05) is 43.5 Å². The van der Waals surface area contributed by atoms with Crippen molar-refractivity contribution in [3.8, 4) is 5.69 Å². The smallest absolute Gasteiger partial charge is 0.136 e. The van der Waals surface area contributed by atoms with Crippen LogP contribution >= 0.6 is 0 Å². The van der Waals surface area contributed by atoms with Crippen LogP contribution < -0.4 is 16.4 Å². The number of anilines is 2. The van der Waals surface area contributed by atoms with E-state index in [0.29, 0.717) is 11.5 Å². The lowest BCUT2D eigenvalue weighted by Gasteiger charge is -2.12. The molecule has 4 N–H and O–H groups in total. The van der Waals surface area contributed by atoms with Crippen molar-refractivity contribution in [2.24, 2.45) is 0 Å². The number of hydrogen-bond donors (Lipinski definition) is 3. The first-order valence-corrected chi connectivity index (χ1v) is 7.92. The van der Waals surface area contributed by atoms with Crippen molar-refractivity contribution in [2.75, 3.05) is 18.1 Å². The van der Waals surface area contributed by atoms with Gasteiger partial charge >= 0.3 is 0 Å². The Morgan fingerprint density at radius 3 is 2.52 bits per heavy atom. The number of nitrogens with two attached hydrogens (primary N) is 1. The van der Waals surface area contributed by atoms with Gasteiger partial charge in [0.15, 0.2) is 0 Å². The molecule has 0 saturated carbocycles. The highest BCUT2D eigenvalue weighted by atomic mass is 15.3. The first kappa shape index (κ1) is 16.4. The van der Waals surface area contributed by atoms with Crippen molar-refractivity contribution in [3.63, 3.8) is 0 Å². The molecule has 25 heavy (non-hydrogen) atoms. The Morgan fingerprint density at radius 1 is 1.04 bits per heavy atom. The number of nitrogens with zero attached hydrogens (tertiary/aromatic N) is 2. The molecule has 2 aromatic carbocycles. The Hall–Kier alpha value is -3.47. The zero-order chi connectivity index (χ0) is 17.8. The van der Waals surface area contributed by atoms with Gasteiger partial charge in [0.1, 0.15) is 5.82 Å². The highest BCUT2D eigenvalue weighted by Crippen LogP contribution is 2.25. The standard InChI is InChI=1S/C20H21N5/c1-14(22-3)16-8-7-9-17(12-16)24-15(2)19-13-23-25(20(19)21)18-10-5-4-6-11-18/h4-13,22,24H,1-2,21H2,3H3. The molecule has 0 atom stereocenters. The molecule has 3 rings (SSSR count). The van der Waals surface area contributed by atoms with Crippen LogP contribution in [-0.2, 0) is 0 Å². The fourth-order valence-electron chi connectivity index (χ4n) is 2.54. The minimum atomic E-state index is 0.541. The largest absolute Gasteiger partial charge is 0.388 e. The molecule has 0 aliphatic heterocycles. The van der Waals surface area contributed by atoms with E-state index in [1.54, 1.807) is 10.9 Å². The van der Waals surface area contributed by atoms with E-state index in [1.165, 1.54) is 0 Å². The molecule has 0 fully saturated rings. The number of hydrogen-bond acceptors (Lipinski definition) is 4. The van der Waals surface area contributed by atoms with Crippen LogP contribution in [-0.4, -0.2) is 16.8 Å². The second kappa shape index (κ2) is 6.97. The quantitative estimate of drug-likeness (QED) is 0.644. The van der Waals surface area contributed by atoms with Gasteiger partial charge < -0.3 is 16.4 Å². The number of para-hydroxylation sites is 1. The lowest BCUT2D eigenvalue weighted by molar-refractivity contribution is 0.891. The Morgan fingerprint density at radius 2 is 1.80 bits per heavy atom. The summed E-state index contributed by atoms with van der Waals surface area (Å²) in [5, 5.41) is 10.7. The Labute approximate surface area is 147 Å². The zero-order valence-electron chi connectivity index (χ0n) is 14.2. The molecule has 1 aromatic heterocycles. The second-order valence-corrected chi connectivity index (χ2v) is 5.60. The van der Waals surface area contributed by atoms with Crippen LogP contribution in [0.1, 0.15) is 11.1 Å². The predicted molar refractivity (Wildman–Crippen MR) is 105 cm³/mol. The number of rotatable bonds is 6. The van der Waals surface area contributed by atoms with Crippen LogP contribution in [0.4, 0.5) is 11.5 Å². The summed E-state index contributed by atoms with van der Waals surface area (Å²) in [7, 11) is 1.85. The topological polar surface area (TPSA) is 67.9 Å². The fraction of sp³-hybridized carbons (Fsp3) is 0.0500. The lowest BCUT2D eigenvalue weighted by atomic mass is 10.1. The molecule has 0 unspecified atom stereocenters. The highest BCUT2D eigenvalue weighted by molar-refractivity contribution is 5.81. The van der Waals surface area contributed by atoms with Crippen LogP contribution in [0.3, 0.4) is 0 Å². The maximum absolute atomic E-state index is 6.27. The molecule has 0 radical (unpaired) electrons. The second-order valence-electron chi connectivity index (χ2n) is 5.60. The van der Waals surface area contributed by atoms with Gasteiger partial charge in [-0.2, -0.15) is 5.10 Å². The van der Waals surface area contributed by atoms with E-state index in [2.05, 4.69) is 28.9 Å². The summed E-state index contributed by atoms with van der Waals surface area (Å²) in [5.74, 6) is 0.541. The van der Waals surface area contributed by atoms with E-state index in [0.717, 1.165) is 28.2 Å². The fourth-order valence-corrected chi connectivity index (χ4v) is 2.54. The predicted octanol–water partition coefficient (Wildman–Crippen LogP) is 3.73. The monoisotopic (exact) mass is 331 g/mol. The Bertz CT molecular complexity index is 909. The van der Waals surface area contributed by atoms with Gasteiger partial charge in [0.25, 0.3) is 0 Å². The number of benzene rings is 2. The molecule has 1 heterocycles. The summed E-state index contributed by atoms with van der Waals surface area (Å²) in [6.45, 7) is 8.08. The van der Waals surface area contributed by atoms with Gasteiger partial charge in [-0.05, 0) is 29.8 Å². The molecule has 0 aliphatic carbocycles. The van der Waals surface area contributed by atoms with Gasteiger partial charge in [0, 0.05) is 24.1 Å². The van der Waals surface area contributed by atoms with Crippen LogP contribution in [0.2, 0.25) is 0 Å². The SMILES string of the molecule is C=C(NC)c1cccc(NC(=C)c2cnn(-c3ccccc3)c2N)c1. The number of nitrogen functional groups attached to an aromatic ring is 1. The van der Waals surface area contributed by atoms with Gasteiger partial charge in [-0.15, -0.1) is 0 Å². The molecule has 3 aromatic rings. The maximum Gasteiger partial charge on any atom is 0.136 e. The van der Waals surface area contributed by atoms with Crippen LogP contribution in [0.15, 0.2) is 74.0 Å². The number of aromatic nitrogens is 2. The van der Waals surface area contributed by atoms with Gasteiger partial charge in [-0.3, -0.25) is 0 Å². The van der Waals surface area contributed by atoms with Crippen molar-refractivity contribution in [1.82, 2.24) is 15.1 Å². The van der Waals surface area contributed by atoms with E-state index >= 15 is 0 Å². The van der Waals surface area contributed by atoms with Crippen molar-refractivity contribution in [2.45, 2.75) is 0 Å². The molecule has 5 heteroatoms. The maximum atomic E-state index is 6.27. The highest BCUT2D eigenvalue weighted by Gasteiger charge is 2.12. The number of nitrogens with one attached hydrogen (secondary N) is 2. The molecular formula is C20H21N5. The lowest BCUT2D eigenvalue weighted by Crippen LogP contribution is -2.05.